The summed E-state index contributed by atoms with van der Waals surface area (Å²) in [6.45, 7) is 7.11. The summed E-state index contributed by atoms with van der Waals surface area (Å²) < 4.78 is 0. The molecular weight excluding hydrogens is 272 g/mol. The molecule has 0 radical (unpaired) electrons. The van der Waals surface area contributed by atoms with E-state index in [0.717, 1.165) is 31.1 Å². The Kier molecular flexibility index (Phi) is 3.32. The summed E-state index contributed by atoms with van der Waals surface area (Å²) in [6.07, 6.45) is 8.94. The molecule has 4 rings (SSSR count). The Hall–Kier alpha value is -0.370. The summed E-state index contributed by atoms with van der Waals surface area (Å²) in [6, 6.07) is 0. The molecule has 0 heterocycles. The zero-order chi connectivity index (χ0) is 15.7. The van der Waals surface area contributed by atoms with Crippen LogP contribution in [0.1, 0.15) is 72.1 Å². The van der Waals surface area contributed by atoms with Crippen molar-refractivity contribution in [1.29, 1.82) is 0 Å². The SMILES string of the molecule is C[C@H]1C[C@H]2[C@@H]3CC[C@H]4CC(=O)CC[C@]4(C)[C@H]3CC[C@]2(C)[C@@H]1O. The number of Topliss-reactive ketones (excluding diaryl/α,β-unsaturated/α-hetero) is 1. The van der Waals surface area contributed by atoms with Crippen molar-refractivity contribution < 1.29 is 9.90 Å². The monoisotopic (exact) mass is 304 g/mol. The molecule has 4 aliphatic carbocycles. The third-order valence-electron chi connectivity index (χ3n) is 8.76. The number of ketones is 1. The maximum absolute atomic E-state index is 11.9. The van der Waals surface area contributed by atoms with Gasteiger partial charge in [-0.3, -0.25) is 4.79 Å². The third-order valence-corrected chi connectivity index (χ3v) is 8.76. The molecule has 0 aromatic heterocycles. The van der Waals surface area contributed by atoms with Crippen LogP contribution in [0, 0.1) is 40.4 Å². The lowest BCUT2D eigenvalue weighted by Gasteiger charge is -2.60. The fraction of sp³-hybridized carbons (Fsp3) is 0.950. The van der Waals surface area contributed by atoms with Crippen molar-refractivity contribution in [2.45, 2.75) is 78.2 Å². The highest BCUT2D eigenvalue weighted by atomic mass is 16.3. The van der Waals surface area contributed by atoms with Crippen LogP contribution < -0.4 is 0 Å². The van der Waals surface area contributed by atoms with E-state index in [9.17, 15) is 9.90 Å². The Morgan fingerprint density at radius 2 is 1.82 bits per heavy atom. The molecular formula is C20H32O2. The van der Waals surface area contributed by atoms with Crippen LogP contribution in [0.3, 0.4) is 0 Å². The van der Waals surface area contributed by atoms with Crippen LogP contribution >= 0.6 is 0 Å². The van der Waals surface area contributed by atoms with Gasteiger partial charge in [0.15, 0.2) is 0 Å². The zero-order valence-electron chi connectivity index (χ0n) is 14.5. The van der Waals surface area contributed by atoms with Crippen LogP contribution in [0.2, 0.25) is 0 Å². The van der Waals surface area contributed by atoms with Crippen LogP contribution in [-0.4, -0.2) is 17.0 Å². The minimum atomic E-state index is -0.100. The molecule has 0 aromatic rings. The minimum Gasteiger partial charge on any atom is -0.392 e. The number of aliphatic hydroxyl groups excluding tert-OH is 1. The number of hydrogen-bond donors (Lipinski definition) is 1. The Labute approximate surface area is 135 Å². The summed E-state index contributed by atoms with van der Waals surface area (Å²) in [7, 11) is 0. The van der Waals surface area contributed by atoms with Crippen LogP contribution in [0.4, 0.5) is 0 Å². The molecule has 22 heavy (non-hydrogen) atoms. The van der Waals surface area contributed by atoms with E-state index in [-0.39, 0.29) is 11.5 Å². The van der Waals surface area contributed by atoms with E-state index in [1.54, 1.807) is 0 Å². The van der Waals surface area contributed by atoms with Crippen molar-refractivity contribution in [3.63, 3.8) is 0 Å². The van der Waals surface area contributed by atoms with Gasteiger partial charge in [-0.2, -0.15) is 0 Å². The van der Waals surface area contributed by atoms with Crippen molar-refractivity contribution >= 4 is 5.78 Å². The van der Waals surface area contributed by atoms with E-state index in [1.165, 1.54) is 32.1 Å². The van der Waals surface area contributed by atoms with Gasteiger partial charge >= 0.3 is 0 Å². The van der Waals surface area contributed by atoms with Gasteiger partial charge in [0.1, 0.15) is 5.78 Å². The highest BCUT2D eigenvalue weighted by Crippen LogP contribution is 2.66. The van der Waals surface area contributed by atoms with E-state index in [2.05, 4.69) is 20.8 Å². The highest BCUT2D eigenvalue weighted by Gasteiger charge is 2.61. The van der Waals surface area contributed by atoms with Gasteiger partial charge in [-0.1, -0.05) is 20.8 Å². The molecule has 8 atom stereocenters. The van der Waals surface area contributed by atoms with Gasteiger partial charge in [-0.25, -0.2) is 0 Å². The Morgan fingerprint density at radius 3 is 2.59 bits per heavy atom. The van der Waals surface area contributed by atoms with E-state index >= 15 is 0 Å². The molecule has 1 N–H and O–H groups in total. The zero-order valence-corrected chi connectivity index (χ0v) is 14.5. The first kappa shape index (κ1) is 15.2. The molecule has 124 valence electrons. The molecule has 0 spiro atoms. The summed E-state index contributed by atoms with van der Waals surface area (Å²) in [5, 5.41) is 10.7. The first-order chi connectivity index (χ1) is 10.4. The summed E-state index contributed by atoms with van der Waals surface area (Å²) in [4.78, 5) is 11.9. The second-order valence-corrected chi connectivity index (χ2v) is 9.60. The largest absolute Gasteiger partial charge is 0.392 e. The van der Waals surface area contributed by atoms with Crippen molar-refractivity contribution in [2.75, 3.05) is 0 Å². The minimum absolute atomic E-state index is 0.100. The van der Waals surface area contributed by atoms with Gasteiger partial charge in [0.25, 0.3) is 0 Å². The smallest absolute Gasteiger partial charge is 0.133 e. The van der Waals surface area contributed by atoms with Crippen LogP contribution in [0.25, 0.3) is 0 Å². The van der Waals surface area contributed by atoms with Gasteiger partial charge in [0.2, 0.25) is 0 Å². The van der Waals surface area contributed by atoms with Gasteiger partial charge < -0.3 is 5.11 Å². The van der Waals surface area contributed by atoms with Crippen LogP contribution in [-0.2, 0) is 4.79 Å². The molecule has 4 saturated carbocycles. The molecule has 4 aliphatic rings. The summed E-state index contributed by atoms with van der Waals surface area (Å²) >= 11 is 0. The number of aliphatic hydroxyl groups is 1. The summed E-state index contributed by atoms with van der Waals surface area (Å²) in [5.41, 5.74) is 0.559. The molecule has 0 aromatic carbocycles. The van der Waals surface area contributed by atoms with Gasteiger partial charge in [-0.05, 0) is 78.9 Å². The van der Waals surface area contributed by atoms with Crippen LogP contribution in [0.15, 0.2) is 0 Å². The quantitative estimate of drug-likeness (QED) is 0.728. The van der Waals surface area contributed by atoms with Crippen molar-refractivity contribution in [3.8, 4) is 0 Å². The first-order valence-corrected chi connectivity index (χ1v) is 9.56. The molecule has 0 bridgehead atoms. The fourth-order valence-corrected chi connectivity index (χ4v) is 7.38. The first-order valence-electron chi connectivity index (χ1n) is 9.56. The second kappa shape index (κ2) is 4.82. The average Bonchev–Trinajstić information content (AvgIpc) is 2.72. The van der Waals surface area contributed by atoms with Gasteiger partial charge in [0.05, 0.1) is 6.10 Å². The predicted octanol–water partition coefficient (Wildman–Crippen LogP) is 4.21. The van der Waals surface area contributed by atoms with E-state index in [0.29, 0.717) is 29.0 Å². The Bertz CT molecular complexity index is 486. The molecule has 0 unspecified atom stereocenters. The maximum atomic E-state index is 11.9. The molecule has 4 fully saturated rings. The molecule has 2 heteroatoms. The fourth-order valence-electron chi connectivity index (χ4n) is 7.38. The lowest BCUT2D eigenvalue weighted by Crippen LogP contribution is -2.54. The lowest BCUT2D eigenvalue weighted by molar-refractivity contribution is -0.142. The number of carbonyl (C=O) groups is 1. The van der Waals surface area contributed by atoms with Crippen molar-refractivity contribution in [1.82, 2.24) is 0 Å². The van der Waals surface area contributed by atoms with Crippen molar-refractivity contribution in [3.05, 3.63) is 0 Å². The van der Waals surface area contributed by atoms with Crippen molar-refractivity contribution in [2.24, 2.45) is 40.4 Å². The summed E-state index contributed by atoms with van der Waals surface area (Å²) in [5.74, 6) is 3.93. The van der Waals surface area contributed by atoms with E-state index < -0.39 is 0 Å². The molecule has 0 amide bonds. The van der Waals surface area contributed by atoms with E-state index in [4.69, 9.17) is 0 Å². The topological polar surface area (TPSA) is 37.3 Å². The Balaban J connectivity index is 1.64. The van der Waals surface area contributed by atoms with Gasteiger partial charge in [0, 0.05) is 12.8 Å². The maximum Gasteiger partial charge on any atom is 0.133 e. The van der Waals surface area contributed by atoms with Crippen LogP contribution in [0.5, 0.6) is 0 Å². The predicted molar refractivity (Wildman–Crippen MR) is 87.3 cm³/mol. The molecule has 2 nitrogen and oxygen atoms in total. The number of carbonyl (C=O) groups excluding carboxylic acids is 1. The molecule has 0 saturated heterocycles. The highest BCUT2D eigenvalue weighted by molar-refractivity contribution is 5.79. The normalized spacial score (nSPS) is 57.9. The average molecular weight is 304 g/mol. The third kappa shape index (κ3) is 1.85. The van der Waals surface area contributed by atoms with E-state index in [1.807, 2.05) is 0 Å². The second-order valence-electron chi connectivity index (χ2n) is 9.60. The van der Waals surface area contributed by atoms with Gasteiger partial charge in [-0.15, -0.1) is 0 Å². The standard InChI is InChI=1S/C20H32O2/c1-12-10-17-15-5-4-13-11-14(21)6-8-19(13,2)16(15)7-9-20(17,3)18(12)22/h12-13,15-18,22H,4-11H2,1-3H3/t12-,13-,15+,16-,17-,18+,19-,20-/m0/s1. The number of hydrogen-bond acceptors (Lipinski definition) is 2. The molecule has 0 aliphatic heterocycles. The Morgan fingerprint density at radius 1 is 1.05 bits per heavy atom. The lowest BCUT2D eigenvalue weighted by atomic mass is 9.45. The number of rotatable bonds is 0. The number of fused-ring (bicyclic) bond motifs is 5.